The molecule has 0 radical (unpaired) electrons. The second-order valence-corrected chi connectivity index (χ2v) is 5.05. The Labute approximate surface area is 102 Å². The summed E-state index contributed by atoms with van der Waals surface area (Å²) in [5, 5.41) is 11.2. The number of nitrogens with zero attached hydrogens (tertiary/aromatic N) is 1. The number of aromatic nitrogens is 1. The lowest BCUT2D eigenvalue weighted by molar-refractivity contribution is 0.151. The number of rotatable bonds is 3. The molecule has 1 heterocycles. The second kappa shape index (κ2) is 4.84. The van der Waals surface area contributed by atoms with Gasteiger partial charge in [0.1, 0.15) is 0 Å². The minimum absolute atomic E-state index is 0.374. The maximum atomic E-state index is 10.1. The van der Waals surface area contributed by atoms with Crippen LogP contribution >= 0.6 is 0 Å². The molecule has 0 amide bonds. The van der Waals surface area contributed by atoms with Crippen LogP contribution in [0.25, 0.3) is 10.9 Å². The quantitative estimate of drug-likeness (QED) is 0.872. The number of aryl methyl sites for hydroxylation is 1. The Morgan fingerprint density at radius 3 is 2.65 bits per heavy atom. The minimum Gasteiger partial charge on any atom is -0.388 e. The van der Waals surface area contributed by atoms with E-state index in [4.69, 9.17) is 0 Å². The van der Waals surface area contributed by atoms with Crippen LogP contribution in [0.4, 0.5) is 0 Å². The molecule has 0 aliphatic carbocycles. The molecule has 0 saturated carbocycles. The zero-order valence-corrected chi connectivity index (χ0v) is 10.6. The SMILES string of the molecule is Cc1ccc2cc(C(O)CC(C)C)ccc2n1. The van der Waals surface area contributed by atoms with E-state index < -0.39 is 0 Å². The van der Waals surface area contributed by atoms with Crippen LogP contribution in [0.3, 0.4) is 0 Å². The lowest BCUT2D eigenvalue weighted by Crippen LogP contribution is -2.01. The van der Waals surface area contributed by atoms with E-state index in [0.29, 0.717) is 5.92 Å². The molecular weight excluding hydrogens is 210 g/mol. The van der Waals surface area contributed by atoms with Gasteiger partial charge in [-0.2, -0.15) is 0 Å². The van der Waals surface area contributed by atoms with Crippen molar-refractivity contribution in [2.24, 2.45) is 5.92 Å². The molecule has 0 saturated heterocycles. The van der Waals surface area contributed by atoms with Gasteiger partial charge in [-0.05, 0) is 43.0 Å². The van der Waals surface area contributed by atoms with Gasteiger partial charge in [-0.15, -0.1) is 0 Å². The second-order valence-electron chi connectivity index (χ2n) is 5.05. The van der Waals surface area contributed by atoms with Gasteiger partial charge in [0.25, 0.3) is 0 Å². The molecule has 2 heteroatoms. The Kier molecular flexibility index (Phi) is 3.43. The van der Waals surface area contributed by atoms with Crippen molar-refractivity contribution in [1.82, 2.24) is 4.98 Å². The van der Waals surface area contributed by atoms with Crippen LogP contribution in [0.15, 0.2) is 30.3 Å². The Hall–Kier alpha value is -1.41. The van der Waals surface area contributed by atoms with Crippen LogP contribution < -0.4 is 0 Å². The first-order valence-corrected chi connectivity index (χ1v) is 6.11. The van der Waals surface area contributed by atoms with Gasteiger partial charge < -0.3 is 5.11 Å². The van der Waals surface area contributed by atoms with Gasteiger partial charge in [0.2, 0.25) is 0 Å². The summed E-state index contributed by atoms with van der Waals surface area (Å²) in [4.78, 5) is 4.46. The van der Waals surface area contributed by atoms with E-state index in [9.17, 15) is 5.11 Å². The minimum atomic E-state index is -0.374. The largest absolute Gasteiger partial charge is 0.388 e. The lowest BCUT2D eigenvalue weighted by atomic mass is 9.98. The summed E-state index contributed by atoms with van der Waals surface area (Å²) in [6.45, 7) is 6.23. The summed E-state index contributed by atoms with van der Waals surface area (Å²) in [7, 11) is 0. The molecule has 0 aliphatic heterocycles. The number of benzene rings is 1. The van der Waals surface area contributed by atoms with Crippen LogP contribution in [-0.2, 0) is 0 Å². The zero-order chi connectivity index (χ0) is 12.4. The number of aliphatic hydroxyl groups is 1. The summed E-state index contributed by atoms with van der Waals surface area (Å²) in [5.41, 5.74) is 3.00. The van der Waals surface area contributed by atoms with Crippen molar-refractivity contribution in [3.63, 3.8) is 0 Å². The normalized spacial score (nSPS) is 13.2. The molecule has 1 N–H and O–H groups in total. The smallest absolute Gasteiger partial charge is 0.0792 e. The Balaban J connectivity index is 2.34. The Morgan fingerprint density at radius 2 is 1.94 bits per heavy atom. The van der Waals surface area contributed by atoms with E-state index in [-0.39, 0.29) is 6.10 Å². The van der Waals surface area contributed by atoms with Crippen molar-refractivity contribution in [1.29, 1.82) is 0 Å². The number of pyridine rings is 1. The average Bonchev–Trinajstić information content (AvgIpc) is 2.27. The van der Waals surface area contributed by atoms with Gasteiger partial charge in [-0.25, -0.2) is 0 Å². The molecule has 2 rings (SSSR count). The third-order valence-electron chi connectivity index (χ3n) is 2.93. The molecule has 1 aromatic heterocycles. The van der Waals surface area contributed by atoms with Gasteiger partial charge in [0.05, 0.1) is 11.6 Å². The summed E-state index contributed by atoms with van der Waals surface area (Å²) < 4.78 is 0. The van der Waals surface area contributed by atoms with Crippen molar-refractivity contribution >= 4 is 10.9 Å². The van der Waals surface area contributed by atoms with Gasteiger partial charge in [0.15, 0.2) is 0 Å². The monoisotopic (exact) mass is 229 g/mol. The molecule has 0 spiro atoms. The fraction of sp³-hybridized carbons (Fsp3) is 0.400. The van der Waals surface area contributed by atoms with E-state index >= 15 is 0 Å². The van der Waals surface area contributed by atoms with Gasteiger partial charge in [-0.3, -0.25) is 4.98 Å². The third kappa shape index (κ3) is 2.83. The van der Waals surface area contributed by atoms with Crippen LogP contribution in [0, 0.1) is 12.8 Å². The molecule has 0 fully saturated rings. The standard InChI is InChI=1S/C15H19NO/c1-10(2)8-15(17)13-6-7-14-12(9-13)5-4-11(3)16-14/h4-7,9-10,15,17H,8H2,1-3H3. The van der Waals surface area contributed by atoms with Crippen molar-refractivity contribution in [2.75, 3.05) is 0 Å². The first kappa shape index (κ1) is 12.1. The van der Waals surface area contributed by atoms with Crippen LogP contribution in [0.5, 0.6) is 0 Å². The van der Waals surface area contributed by atoms with Crippen LogP contribution in [-0.4, -0.2) is 10.1 Å². The summed E-state index contributed by atoms with van der Waals surface area (Å²) in [6, 6.07) is 10.1. The maximum Gasteiger partial charge on any atom is 0.0792 e. The molecule has 1 atom stereocenters. The highest BCUT2D eigenvalue weighted by atomic mass is 16.3. The fourth-order valence-corrected chi connectivity index (χ4v) is 2.04. The summed E-state index contributed by atoms with van der Waals surface area (Å²) in [5.74, 6) is 0.497. The molecule has 1 unspecified atom stereocenters. The van der Waals surface area contributed by atoms with Crippen molar-refractivity contribution < 1.29 is 5.11 Å². The van der Waals surface area contributed by atoms with E-state index in [1.807, 2.05) is 31.2 Å². The Morgan fingerprint density at radius 1 is 1.18 bits per heavy atom. The van der Waals surface area contributed by atoms with Crippen LogP contribution in [0.2, 0.25) is 0 Å². The molecule has 90 valence electrons. The molecule has 2 aromatic rings. The third-order valence-corrected chi connectivity index (χ3v) is 2.93. The molecule has 17 heavy (non-hydrogen) atoms. The predicted molar refractivity (Wildman–Crippen MR) is 70.9 cm³/mol. The topological polar surface area (TPSA) is 33.1 Å². The maximum absolute atomic E-state index is 10.1. The van der Waals surface area contributed by atoms with E-state index in [2.05, 4.69) is 24.9 Å². The van der Waals surface area contributed by atoms with Gasteiger partial charge in [-0.1, -0.05) is 26.0 Å². The molecule has 0 aliphatic rings. The predicted octanol–water partition coefficient (Wildman–Crippen LogP) is 3.62. The zero-order valence-electron chi connectivity index (χ0n) is 10.6. The highest BCUT2D eigenvalue weighted by molar-refractivity contribution is 5.79. The number of hydrogen-bond donors (Lipinski definition) is 1. The van der Waals surface area contributed by atoms with Crippen molar-refractivity contribution in [2.45, 2.75) is 33.3 Å². The molecular formula is C15H19NO. The number of hydrogen-bond acceptors (Lipinski definition) is 2. The highest BCUT2D eigenvalue weighted by Crippen LogP contribution is 2.24. The first-order valence-electron chi connectivity index (χ1n) is 6.11. The first-order chi connectivity index (χ1) is 8.06. The summed E-state index contributed by atoms with van der Waals surface area (Å²) in [6.07, 6.45) is 0.422. The highest BCUT2D eigenvalue weighted by Gasteiger charge is 2.10. The molecule has 0 bridgehead atoms. The van der Waals surface area contributed by atoms with Crippen molar-refractivity contribution in [3.8, 4) is 0 Å². The van der Waals surface area contributed by atoms with Crippen LogP contribution in [0.1, 0.15) is 37.6 Å². The van der Waals surface area contributed by atoms with Crippen molar-refractivity contribution in [3.05, 3.63) is 41.6 Å². The number of aliphatic hydroxyl groups excluding tert-OH is 1. The molecule has 2 nitrogen and oxygen atoms in total. The number of fused-ring (bicyclic) bond motifs is 1. The fourth-order valence-electron chi connectivity index (χ4n) is 2.04. The van der Waals surface area contributed by atoms with E-state index in [1.54, 1.807) is 0 Å². The lowest BCUT2D eigenvalue weighted by Gasteiger charge is -2.13. The van der Waals surface area contributed by atoms with Gasteiger partial charge in [0, 0.05) is 11.1 Å². The van der Waals surface area contributed by atoms with E-state index in [1.165, 1.54) is 0 Å². The summed E-state index contributed by atoms with van der Waals surface area (Å²) >= 11 is 0. The van der Waals surface area contributed by atoms with E-state index in [0.717, 1.165) is 28.6 Å². The molecule has 1 aromatic carbocycles. The Bertz CT molecular complexity index is 519. The van der Waals surface area contributed by atoms with Gasteiger partial charge >= 0.3 is 0 Å². The average molecular weight is 229 g/mol.